The highest BCUT2D eigenvalue weighted by Crippen LogP contribution is 2.30. The molecular formula is C16H13N3. The Bertz CT molecular complexity index is 859. The SMILES string of the molecule is Cc1nc(C)n2c3cccnc3c3ccccc3c12. The highest BCUT2D eigenvalue weighted by atomic mass is 15.0. The van der Waals surface area contributed by atoms with E-state index in [9.17, 15) is 0 Å². The van der Waals surface area contributed by atoms with Crippen molar-refractivity contribution in [1.29, 1.82) is 0 Å². The second kappa shape index (κ2) is 3.54. The molecule has 3 aromatic heterocycles. The van der Waals surface area contributed by atoms with Crippen LogP contribution in [0.2, 0.25) is 0 Å². The second-order valence-corrected chi connectivity index (χ2v) is 4.85. The van der Waals surface area contributed by atoms with Gasteiger partial charge >= 0.3 is 0 Å². The fourth-order valence-corrected chi connectivity index (χ4v) is 2.96. The lowest BCUT2D eigenvalue weighted by molar-refractivity contribution is 1.07. The highest BCUT2D eigenvalue weighted by Gasteiger charge is 2.13. The number of hydrogen-bond donors (Lipinski definition) is 0. The zero-order valence-corrected chi connectivity index (χ0v) is 10.9. The Hall–Kier alpha value is -2.42. The van der Waals surface area contributed by atoms with Gasteiger partial charge in [-0.05, 0) is 26.0 Å². The van der Waals surface area contributed by atoms with E-state index in [1.54, 1.807) is 0 Å². The van der Waals surface area contributed by atoms with Crippen molar-refractivity contribution in [2.45, 2.75) is 13.8 Å². The predicted molar refractivity (Wildman–Crippen MR) is 77.5 cm³/mol. The monoisotopic (exact) mass is 247 g/mol. The van der Waals surface area contributed by atoms with Crippen molar-refractivity contribution >= 4 is 27.3 Å². The average molecular weight is 247 g/mol. The number of pyridine rings is 2. The van der Waals surface area contributed by atoms with E-state index in [2.05, 4.69) is 51.6 Å². The smallest absolute Gasteiger partial charge is 0.110 e. The molecule has 0 spiro atoms. The Morgan fingerprint density at radius 3 is 2.58 bits per heavy atom. The van der Waals surface area contributed by atoms with Gasteiger partial charge in [0.1, 0.15) is 5.82 Å². The zero-order valence-electron chi connectivity index (χ0n) is 10.9. The maximum atomic E-state index is 4.63. The van der Waals surface area contributed by atoms with Crippen LogP contribution in [0.1, 0.15) is 11.5 Å². The highest BCUT2D eigenvalue weighted by molar-refractivity contribution is 6.11. The van der Waals surface area contributed by atoms with Crippen LogP contribution in [0.5, 0.6) is 0 Å². The molecule has 0 aliphatic carbocycles. The molecule has 0 radical (unpaired) electrons. The molecule has 0 bridgehead atoms. The number of fused-ring (bicyclic) bond motifs is 6. The lowest BCUT2D eigenvalue weighted by atomic mass is 10.1. The molecule has 4 aromatic rings. The number of aryl methyl sites for hydroxylation is 2. The molecule has 1 aromatic carbocycles. The third-order valence-electron chi connectivity index (χ3n) is 3.68. The number of imidazole rings is 1. The van der Waals surface area contributed by atoms with Crippen LogP contribution in [0.3, 0.4) is 0 Å². The van der Waals surface area contributed by atoms with E-state index in [0.717, 1.165) is 22.6 Å². The standard InChI is InChI=1S/C16H13N3/c1-10-16-13-7-4-3-6-12(13)15-14(8-5-9-17-15)19(16)11(2)18-10/h3-9H,1-2H3. The maximum Gasteiger partial charge on any atom is 0.110 e. The molecule has 0 amide bonds. The number of rotatable bonds is 0. The van der Waals surface area contributed by atoms with Crippen LogP contribution in [0.4, 0.5) is 0 Å². The molecular weight excluding hydrogens is 234 g/mol. The molecule has 4 rings (SSSR count). The second-order valence-electron chi connectivity index (χ2n) is 4.85. The summed E-state index contributed by atoms with van der Waals surface area (Å²) in [5, 5.41) is 2.40. The van der Waals surface area contributed by atoms with Gasteiger partial charge in [0.15, 0.2) is 0 Å². The van der Waals surface area contributed by atoms with E-state index in [0.29, 0.717) is 0 Å². The van der Waals surface area contributed by atoms with Gasteiger partial charge in [0.2, 0.25) is 0 Å². The fraction of sp³-hybridized carbons (Fsp3) is 0.125. The fourth-order valence-electron chi connectivity index (χ4n) is 2.96. The quantitative estimate of drug-likeness (QED) is 0.444. The summed E-state index contributed by atoms with van der Waals surface area (Å²) in [6.07, 6.45) is 1.85. The van der Waals surface area contributed by atoms with Gasteiger partial charge in [-0.15, -0.1) is 0 Å². The van der Waals surface area contributed by atoms with Crippen molar-refractivity contribution in [3.8, 4) is 0 Å². The Balaban J connectivity index is 2.49. The number of aromatic nitrogens is 3. The summed E-state index contributed by atoms with van der Waals surface area (Å²) in [4.78, 5) is 9.19. The van der Waals surface area contributed by atoms with Crippen molar-refractivity contribution in [2.75, 3.05) is 0 Å². The van der Waals surface area contributed by atoms with Crippen LogP contribution in [0.15, 0.2) is 42.6 Å². The summed E-state index contributed by atoms with van der Waals surface area (Å²) in [7, 11) is 0. The zero-order chi connectivity index (χ0) is 13.0. The Morgan fingerprint density at radius 2 is 1.74 bits per heavy atom. The molecule has 3 nitrogen and oxygen atoms in total. The van der Waals surface area contributed by atoms with E-state index >= 15 is 0 Å². The Kier molecular flexibility index (Phi) is 1.96. The number of hydrogen-bond acceptors (Lipinski definition) is 2. The summed E-state index contributed by atoms with van der Waals surface area (Å²) in [6.45, 7) is 4.11. The van der Waals surface area contributed by atoms with E-state index in [4.69, 9.17) is 0 Å². The lowest BCUT2D eigenvalue weighted by Crippen LogP contribution is -1.94. The third kappa shape index (κ3) is 1.27. The molecule has 3 heterocycles. The van der Waals surface area contributed by atoms with Gasteiger partial charge in [-0.2, -0.15) is 0 Å². The van der Waals surface area contributed by atoms with Crippen LogP contribution in [-0.4, -0.2) is 14.4 Å². The molecule has 3 heteroatoms. The molecule has 0 saturated heterocycles. The molecule has 0 atom stereocenters. The lowest BCUT2D eigenvalue weighted by Gasteiger charge is -2.08. The van der Waals surface area contributed by atoms with Gasteiger partial charge in [-0.25, -0.2) is 4.98 Å². The van der Waals surface area contributed by atoms with Gasteiger partial charge in [0, 0.05) is 17.0 Å². The minimum Gasteiger partial charge on any atom is -0.294 e. The van der Waals surface area contributed by atoms with Crippen LogP contribution < -0.4 is 0 Å². The maximum absolute atomic E-state index is 4.63. The molecule has 92 valence electrons. The minimum atomic E-state index is 1.01. The predicted octanol–water partition coefficient (Wildman–Crippen LogP) is 3.65. The molecule has 0 aliphatic heterocycles. The largest absolute Gasteiger partial charge is 0.294 e. The summed E-state index contributed by atoms with van der Waals surface area (Å²) < 4.78 is 2.21. The Morgan fingerprint density at radius 1 is 0.947 bits per heavy atom. The molecule has 0 unspecified atom stereocenters. The van der Waals surface area contributed by atoms with E-state index in [1.165, 1.54) is 16.3 Å². The normalized spacial score (nSPS) is 11.7. The number of benzene rings is 1. The van der Waals surface area contributed by atoms with E-state index in [1.807, 2.05) is 19.2 Å². The molecule has 0 fully saturated rings. The van der Waals surface area contributed by atoms with Crippen LogP contribution >= 0.6 is 0 Å². The number of nitrogens with zero attached hydrogens (tertiary/aromatic N) is 3. The molecule has 0 N–H and O–H groups in total. The van der Waals surface area contributed by atoms with Crippen molar-refractivity contribution in [3.05, 3.63) is 54.1 Å². The summed E-state index contributed by atoms with van der Waals surface area (Å²) in [6, 6.07) is 12.5. The van der Waals surface area contributed by atoms with Gasteiger partial charge in [0.25, 0.3) is 0 Å². The van der Waals surface area contributed by atoms with Crippen molar-refractivity contribution < 1.29 is 0 Å². The van der Waals surface area contributed by atoms with Gasteiger partial charge < -0.3 is 0 Å². The molecule has 0 saturated carbocycles. The third-order valence-corrected chi connectivity index (χ3v) is 3.68. The first kappa shape index (κ1) is 10.5. The first-order valence-corrected chi connectivity index (χ1v) is 6.38. The van der Waals surface area contributed by atoms with E-state index < -0.39 is 0 Å². The Labute approximate surface area is 110 Å². The van der Waals surface area contributed by atoms with Gasteiger partial charge in [0.05, 0.1) is 22.2 Å². The van der Waals surface area contributed by atoms with Crippen molar-refractivity contribution in [3.63, 3.8) is 0 Å². The first-order valence-electron chi connectivity index (χ1n) is 6.38. The molecule has 19 heavy (non-hydrogen) atoms. The van der Waals surface area contributed by atoms with Crippen LogP contribution in [-0.2, 0) is 0 Å². The van der Waals surface area contributed by atoms with E-state index in [-0.39, 0.29) is 0 Å². The van der Waals surface area contributed by atoms with Gasteiger partial charge in [-0.1, -0.05) is 24.3 Å². The van der Waals surface area contributed by atoms with Crippen LogP contribution in [0, 0.1) is 13.8 Å². The topological polar surface area (TPSA) is 30.2 Å². The minimum absolute atomic E-state index is 1.01. The summed E-state index contributed by atoms with van der Waals surface area (Å²) in [5.41, 5.74) is 4.41. The molecule has 0 aliphatic rings. The van der Waals surface area contributed by atoms with Gasteiger partial charge in [-0.3, -0.25) is 9.38 Å². The van der Waals surface area contributed by atoms with Crippen LogP contribution in [0.25, 0.3) is 27.3 Å². The average Bonchev–Trinajstić information content (AvgIpc) is 2.75. The summed E-state index contributed by atoms with van der Waals surface area (Å²) in [5.74, 6) is 1.01. The van der Waals surface area contributed by atoms with Crippen molar-refractivity contribution in [2.24, 2.45) is 0 Å². The van der Waals surface area contributed by atoms with Crippen molar-refractivity contribution in [1.82, 2.24) is 14.4 Å². The first-order chi connectivity index (χ1) is 9.27. The summed E-state index contributed by atoms with van der Waals surface area (Å²) >= 11 is 0.